The molecule has 2 unspecified atom stereocenters. The second-order valence-electron chi connectivity index (χ2n) is 5.47. The van der Waals surface area contributed by atoms with Crippen LogP contribution in [0.15, 0.2) is 24.3 Å². The molecular weight excluding hydrogens is 240 g/mol. The lowest BCUT2D eigenvalue weighted by Gasteiger charge is -2.31. The van der Waals surface area contributed by atoms with Crippen LogP contribution in [0.3, 0.4) is 0 Å². The molecular formula is C15H22N2O2. The fraction of sp³-hybridized carbons (Fsp3) is 0.600. The van der Waals surface area contributed by atoms with Gasteiger partial charge in [-0.05, 0) is 32.0 Å². The molecule has 1 N–H and O–H groups in total. The average Bonchev–Trinajstić information content (AvgIpc) is 2.91. The summed E-state index contributed by atoms with van der Waals surface area (Å²) in [7, 11) is 2.14. The van der Waals surface area contributed by atoms with Crippen LogP contribution in [0.4, 0.5) is 5.69 Å². The second kappa shape index (κ2) is 5.80. The van der Waals surface area contributed by atoms with Crippen molar-refractivity contribution >= 4 is 5.69 Å². The number of likely N-dealkylation sites (N-methyl/N-ethyl adjacent to an activating group) is 1. The first kappa shape index (κ1) is 12.8. The first-order valence-corrected chi connectivity index (χ1v) is 7.11. The number of ether oxygens (including phenoxy) is 2. The van der Waals surface area contributed by atoms with Gasteiger partial charge in [0.1, 0.15) is 11.9 Å². The van der Waals surface area contributed by atoms with E-state index >= 15 is 0 Å². The molecule has 0 aromatic heterocycles. The number of hydrogen-bond acceptors (Lipinski definition) is 4. The Labute approximate surface area is 114 Å². The standard InChI is InChI=1S/C15H22N2O2/c1-17(10-12-5-4-8-18-12)11-13-9-16-14-6-2-3-7-15(14)19-13/h2-3,6-7,12-13,16H,4-5,8-11H2,1H3. The van der Waals surface area contributed by atoms with E-state index in [4.69, 9.17) is 9.47 Å². The molecule has 2 aliphatic heterocycles. The van der Waals surface area contributed by atoms with Crippen LogP contribution >= 0.6 is 0 Å². The van der Waals surface area contributed by atoms with Crippen molar-refractivity contribution in [2.24, 2.45) is 0 Å². The van der Waals surface area contributed by atoms with Crippen LogP contribution in [0, 0.1) is 0 Å². The zero-order valence-corrected chi connectivity index (χ0v) is 11.5. The summed E-state index contributed by atoms with van der Waals surface area (Å²) in [5.74, 6) is 0.962. The van der Waals surface area contributed by atoms with Gasteiger partial charge in [0.05, 0.1) is 18.3 Å². The van der Waals surface area contributed by atoms with Crippen LogP contribution in [0.2, 0.25) is 0 Å². The summed E-state index contributed by atoms with van der Waals surface area (Å²) in [6.45, 7) is 3.73. The minimum atomic E-state index is 0.210. The largest absolute Gasteiger partial charge is 0.485 e. The highest BCUT2D eigenvalue weighted by atomic mass is 16.5. The quantitative estimate of drug-likeness (QED) is 0.899. The Kier molecular flexibility index (Phi) is 3.89. The highest BCUT2D eigenvalue weighted by molar-refractivity contribution is 5.57. The number of fused-ring (bicyclic) bond motifs is 1. The van der Waals surface area contributed by atoms with Crippen molar-refractivity contribution in [2.45, 2.75) is 25.0 Å². The Hall–Kier alpha value is -1.26. The monoisotopic (exact) mass is 262 g/mol. The number of para-hydroxylation sites is 2. The lowest BCUT2D eigenvalue weighted by atomic mass is 10.2. The smallest absolute Gasteiger partial charge is 0.142 e. The van der Waals surface area contributed by atoms with Gasteiger partial charge >= 0.3 is 0 Å². The fourth-order valence-corrected chi connectivity index (χ4v) is 2.82. The maximum atomic E-state index is 6.02. The lowest BCUT2D eigenvalue weighted by molar-refractivity contribution is 0.0665. The molecule has 0 spiro atoms. The van der Waals surface area contributed by atoms with E-state index < -0.39 is 0 Å². The molecule has 4 nitrogen and oxygen atoms in total. The summed E-state index contributed by atoms with van der Waals surface area (Å²) in [6.07, 6.45) is 3.01. The summed E-state index contributed by atoms with van der Waals surface area (Å²) < 4.78 is 11.7. The molecule has 0 amide bonds. The van der Waals surface area contributed by atoms with Crippen molar-refractivity contribution < 1.29 is 9.47 Å². The van der Waals surface area contributed by atoms with Crippen molar-refractivity contribution in [3.8, 4) is 5.75 Å². The molecule has 2 atom stereocenters. The Morgan fingerprint density at radius 3 is 2.95 bits per heavy atom. The van der Waals surface area contributed by atoms with E-state index in [-0.39, 0.29) is 6.10 Å². The van der Waals surface area contributed by atoms with Gasteiger partial charge in [-0.1, -0.05) is 12.1 Å². The number of nitrogens with one attached hydrogen (secondary N) is 1. The molecule has 0 aliphatic carbocycles. The van der Waals surface area contributed by atoms with Gasteiger partial charge in [0.2, 0.25) is 0 Å². The third kappa shape index (κ3) is 3.19. The van der Waals surface area contributed by atoms with Crippen molar-refractivity contribution in [1.82, 2.24) is 4.90 Å². The van der Waals surface area contributed by atoms with Crippen LogP contribution in [0.1, 0.15) is 12.8 Å². The van der Waals surface area contributed by atoms with Crippen molar-refractivity contribution in [3.63, 3.8) is 0 Å². The molecule has 1 aromatic carbocycles. The Morgan fingerprint density at radius 2 is 2.11 bits per heavy atom. The third-order valence-corrected chi connectivity index (χ3v) is 3.76. The van der Waals surface area contributed by atoms with Crippen molar-refractivity contribution in [1.29, 1.82) is 0 Å². The van der Waals surface area contributed by atoms with E-state index in [0.29, 0.717) is 6.10 Å². The minimum absolute atomic E-state index is 0.210. The van der Waals surface area contributed by atoms with Crippen LogP contribution in [0.25, 0.3) is 0 Å². The van der Waals surface area contributed by atoms with E-state index in [1.54, 1.807) is 0 Å². The molecule has 0 saturated carbocycles. The van der Waals surface area contributed by atoms with Gasteiger partial charge in [-0.2, -0.15) is 0 Å². The normalized spacial score (nSPS) is 25.8. The van der Waals surface area contributed by atoms with Gasteiger partial charge in [0.15, 0.2) is 0 Å². The molecule has 2 heterocycles. The number of benzene rings is 1. The Bertz CT molecular complexity index is 418. The zero-order chi connectivity index (χ0) is 13.1. The van der Waals surface area contributed by atoms with Crippen LogP contribution < -0.4 is 10.1 Å². The molecule has 2 aliphatic rings. The van der Waals surface area contributed by atoms with Crippen LogP contribution in [-0.2, 0) is 4.74 Å². The summed E-state index contributed by atoms with van der Waals surface area (Å²) >= 11 is 0. The van der Waals surface area contributed by atoms with Gasteiger partial charge in [-0.15, -0.1) is 0 Å². The highest BCUT2D eigenvalue weighted by Gasteiger charge is 2.23. The Morgan fingerprint density at radius 1 is 1.26 bits per heavy atom. The van der Waals surface area contributed by atoms with Gasteiger partial charge in [-0.3, -0.25) is 0 Å². The van der Waals surface area contributed by atoms with Crippen LogP contribution in [0.5, 0.6) is 5.75 Å². The van der Waals surface area contributed by atoms with Crippen molar-refractivity contribution in [3.05, 3.63) is 24.3 Å². The highest BCUT2D eigenvalue weighted by Crippen LogP contribution is 2.28. The van der Waals surface area contributed by atoms with E-state index in [0.717, 1.165) is 37.7 Å². The van der Waals surface area contributed by atoms with Gasteiger partial charge in [-0.25, -0.2) is 0 Å². The second-order valence-corrected chi connectivity index (χ2v) is 5.47. The third-order valence-electron chi connectivity index (χ3n) is 3.76. The molecule has 1 aromatic rings. The zero-order valence-electron chi connectivity index (χ0n) is 11.5. The summed E-state index contributed by atoms with van der Waals surface area (Å²) in [5.41, 5.74) is 1.10. The first-order chi connectivity index (χ1) is 9.31. The lowest BCUT2D eigenvalue weighted by Crippen LogP contribution is -2.42. The summed E-state index contributed by atoms with van der Waals surface area (Å²) in [6, 6.07) is 8.12. The average molecular weight is 262 g/mol. The van der Waals surface area contributed by atoms with Gasteiger partial charge in [0.25, 0.3) is 0 Å². The van der Waals surface area contributed by atoms with E-state index in [1.807, 2.05) is 18.2 Å². The minimum Gasteiger partial charge on any atom is -0.485 e. The van der Waals surface area contributed by atoms with E-state index in [9.17, 15) is 0 Å². The molecule has 0 bridgehead atoms. The van der Waals surface area contributed by atoms with Crippen LogP contribution in [-0.4, -0.2) is 50.4 Å². The maximum Gasteiger partial charge on any atom is 0.142 e. The molecule has 0 radical (unpaired) electrons. The predicted molar refractivity (Wildman–Crippen MR) is 75.8 cm³/mol. The van der Waals surface area contributed by atoms with E-state index in [1.165, 1.54) is 12.8 Å². The number of anilines is 1. The molecule has 3 rings (SSSR count). The number of nitrogens with zero attached hydrogens (tertiary/aromatic N) is 1. The van der Waals surface area contributed by atoms with Crippen molar-refractivity contribution in [2.75, 3.05) is 38.6 Å². The molecule has 1 saturated heterocycles. The maximum absolute atomic E-state index is 6.02. The Balaban J connectivity index is 1.51. The predicted octanol–water partition coefficient (Wildman–Crippen LogP) is 1.97. The SMILES string of the molecule is CN(CC1CCCO1)CC1CNc2ccccc2O1. The number of hydrogen-bond donors (Lipinski definition) is 1. The fourth-order valence-electron chi connectivity index (χ4n) is 2.82. The first-order valence-electron chi connectivity index (χ1n) is 7.11. The molecule has 4 heteroatoms. The molecule has 104 valence electrons. The van der Waals surface area contributed by atoms with E-state index in [2.05, 4.69) is 23.3 Å². The molecule has 19 heavy (non-hydrogen) atoms. The molecule has 1 fully saturated rings. The number of rotatable bonds is 4. The topological polar surface area (TPSA) is 33.7 Å². The summed E-state index contributed by atoms with van der Waals surface area (Å²) in [4.78, 5) is 2.32. The van der Waals surface area contributed by atoms with Gasteiger partial charge < -0.3 is 19.7 Å². The van der Waals surface area contributed by atoms with Gasteiger partial charge in [0, 0.05) is 19.7 Å². The summed E-state index contributed by atoms with van der Waals surface area (Å²) in [5, 5.41) is 3.43.